The highest BCUT2D eigenvalue weighted by Gasteiger charge is 2.56. The van der Waals surface area contributed by atoms with Crippen molar-refractivity contribution in [3.8, 4) is 11.5 Å². The van der Waals surface area contributed by atoms with Crippen molar-refractivity contribution < 1.29 is 48.9 Å². The fourth-order valence-electron chi connectivity index (χ4n) is 5.05. The maximum absolute atomic E-state index is 13.3. The molecule has 3 aliphatic rings. The zero-order valence-corrected chi connectivity index (χ0v) is 29.6. The van der Waals surface area contributed by atoms with Crippen LogP contribution >= 0.6 is 34.7 Å². The molecule has 3 saturated heterocycles. The van der Waals surface area contributed by atoms with Gasteiger partial charge < -0.3 is 52.2 Å². The minimum absolute atomic E-state index is 0.0169. The van der Waals surface area contributed by atoms with Crippen LogP contribution in [-0.2, 0) is 28.8 Å². The Hall–Kier alpha value is -5.55. The van der Waals surface area contributed by atoms with Gasteiger partial charge in [0.25, 0.3) is 11.8 Å². The number of carbonyl (C=O) groups is 6. The molecule has 0 bridgehead atoms. The van der Waals surface area contributed by atoms with Crippen LogP contribution in [0.4, 0.5) is 9.93 Å². The van der Waals surface area contributed by atoms with Gasteiger partial charge >= 0.3 is 12.0 Å². The Kier molecular flexibility index (Phi) is 10.9. The number of carboxylic acids is 1. The minimum Gasteiger partial charge on any atom is -0.504 e. The number of thiazole rings is 1. The minimum atomic E-state index is -1.78. The zero-order chi connectivity index (χ0) is 38.1. The van der Waals surface area contributed by atoms with Gasteiger partial charge in [-0.2, -0.15) is 5.10 Å². The highest BCUT2D eigenvalue weighted by molar-refractivity contribution is 8.00. The summed E-state index contributed by atoms with van der Waals surface area (Å²) < 4.78 is 0. The van der Waals surface area contributed by atoms with Crippen molar-refractivity contribution in [2.24, 2.45) is 16.1 Å². The molecular formula is C28H32ClN11O10S2. The number of phenolic OH excluding ortho intramolecular Hbond substituents is 2. The fourth-order valence-corrected chi connectivity index (χ4v) is 7.44. The first kappa shape index (κ1) is 37.7. The number of halogens is 1. The summed E-state index contributed by atoms with van der Waals surface area (Å²) in [5.41, 5.74) is 5.62. The number of aromatic hydroxyl groups is 2. The number of nitrogens with two attached hydrogens (primary N) is 2. The largest absolute Gasteiger partial charge is 0.504 e. The smallest absolute Gasteiger partial charge is 0.350 e. The van der Waals surface area contributed by atoms with E-state index >= 15 is 0 Å². The summed E-state index contributed by atoms with van der Waals surface area (Å²) in [6, 6.07) is 0.794. The molecule has 1 aromatic carbocycles. The summed E-state index contributed by atoms with van der Waals surface area (Å²) in [4.78, 5) is 88.3. The molecule has 52 heavy (non-hydrogen) atoms. The topological polar surface area (TPSA) is 308 Å². The number of phenols is 2. The SMILES string of the molecule is CC(C)(O/N=C(\C(=O)N[C@@H]1C(=O)N2C[C@H](N3CCN(NC(=O)CCNC(=O)/C(=N\N)c4ccc(O)c(O)c4Cl)C3=O)S[C@H]12)c1csc(N)n1)C(=O)O. The van der Waals surface area contributed by atoms with Crippen LogP contribution in [0.15, 0.2) is 27.8 Å². The molecule has 278 valence electrons. The highest BCUT2D eigenvalue weighted by Crippen LogP contribution is 2.42. The number of carboxylic acid groups (broad SMARTS) is 1. The van der Waals surface area contributed by atoms with E-state index in [4.69, 9.17) is 28.0 Å². The Bertz CT molecular complexity index is 1890. The maximum Gasteiger partial charge on any atom is 0.350 e. The Morgan fingerprint density at radius 1 is 1.13 bits per heavy atom. The van der Waals surface area contributed by atoms with Crippen molar-refractivity contribution in [2.75, 3.05) is 31.9 Å². The third-order valence-corrected chi connectivity index (χ3v) is 10.5. The maximum atomic E-state index is 13.3. The van der Waals surface area contributed by atoms with Gasteiger partial charge in [0.05, 0.1) is 23.5 Å². The number of hydrogen-bond acceptors (Lipinski definition) is 16. The van der Waals surface area contributed by atoms with E-state index in [0.29, 0.717) is 0 Å². The number of nitrogen functional groups attached to an aromatic ring is 1. The normalized spacial score (nSPS) is 20.4. The van der Waals surface area contributed by atoms with Crippen LogP contribution in [-0.4, -0.2) is 131 Å². The van der Waals surface area contributed by atoms with Crippen LogP contribution in [0.25, 0.3) is 0 Å². The third-order valence-electron chi connectivity index (χ3n) is 7.92. The number of β-lactam (4-membered cyclic amide) rings is 1. The van der Waals surface area contributed by atoms with Crippen molar-refractivity contribution in [1.82, 2.24) is 35.9 Å². The van der Waals surface area contributed by atoms with Crippen LogP contribution in [0.5, 0.6) is 11.5 Å². The number of hydrazine groups is 1. The molecule has 0 unspecified atom stereocenters. The fraction of sp³-hybridized carbons (Fsp3) is 0.393. The van der Waals surface area contributed by atoms with E-state index in [1.165, 1.54) is 46.9 Å². The Morgan fingerprint density at radius 3 is 2.52 bits per heavy atom. The van der Waals surface area contributed by atoms with E-state index in [-0.39, 0.29) is 65.4 Å². The van der Waals surface area contributed by atoms with E-state index in [1.807, 2.05) is 0 Å². The molecule has 24 heteroatoms. The van der Waals surface area contributed by atoms with Gasteiger partial charge in [0.2, 0.25) is 17.4 Å². The number of carbonyl (C=O) groups excluding carboxylic acids is 5. The van der Waals surface area contributed by atoms with Crippen molar-refractivity contribution >= 4 is 86.9 Å². The number of anilines is 1. The van der Waals surface area contributed by atoms with Gasteiger partial charge in [0.15, 0.2) is 28.1 Å². The van der Waals surface area contributed by atoms with Gasteiger partial charge in [-0.15, -0.1) is 23.1 Å². The molecule has 10 N–H and O–H groups in total. The molecule has 0 aliphatic carbocycles. The molecule has 3 aliphatic heterocycles. The first-order valence-electron chi connectivity index (χ1n) is 15.2. The molecule has 0 spiro atoms. The van der Waals surface area contributed by atoms with Gasteiger partial charge in [-0.1, -0.05) is 16.8 Å². The number of urea groups is 1. The number of nitrogens with one attached hydrogen (secondary N) is 3. The average molecular weight is 782 g/mol. The van der Waals surface area contributed by atoms with E-state index in [2.05, 4.69) is 31.3 Å². The number of nitrogens with zero attached hydrogens (tertiary/aromatic N) is 6. The van der Waals surface area contributed by atoms with Crippen LogP contribution in [0.3, 0.4) is 0 Å². The molecule has 4 heterocycles. The third kappa shape index (κ3) is 7.55. The molecule has 21 nitrogen and oxygen atoms in total. The summed E-state index contributed by atoms with van der Waals surface area (Å²) >= 11 is 8.26. The Labute approximate surface area is 306 Å². The molecule has 0 radical (unpaired) electrons. The summed E-state index contributed by atoms with van der Waals surface area (Å²) in [7, 11) is 0. The lowest BCUT2D eigenvalue weighted by molar-refractivity contribution is -0.161. The number of aromatic nitrogens is 1. The zero-order valence-electron chi connectivity index (χ0n) is 27.2. The van der Waals surface area contributed by atoms with Crippen molar-refractivity contribution in [3.05, 3.63) is 33.8 Å². The molecule has 2 aromatic rings. The first-order valence-corrected chi connectivity index (χ1v) is 17.4. The molecular weight excluding hydrogens is 750 g/mol. The van der Waals surface area contributed by atoms with E-state index in [9.17, 15) is 44.1 Å². The van der Waals surface area contributed by atoms with Gasteiger partial charge in [-0.05, 0) is 26.0 Å². The quantitative estimate of drug-likeness (QED) is 0.0387. The predicted molar refractivity (Wildman–Crippen MR) is 185 cm³/mol. The summed E-state index contributed by atoms with van der Waals surface area (Å²) in [6.45, 7) is 2.79. The number of thioether (sulfide) groups is 1. The van der Waals surface area contributed by atoms with E-state index in [1.54, 1.807) is 0 Å². The summed E-state index contributed by atoms with van der Waals surface area (Å²) in [5.74, 6) is 0.134. The summed E-state index contributed by atoms with van der Waals surface area (Å²) in [5, 5.41) is 42.2. The number of hydrazone groups is 1. The number of hydrogen-bond donors (Lipinski definition) is 8. The van der Waals surface area contributed by atoms with Crippen molar-refractivity contribution in [2.45, 2.75) is 42.7 Å². The molecule has 1 aromatic heterocycles. The van der Waals surface area contributed by atoms with Gasteiger partial charge in [-0.25, -0.2) is 19.6 Å². The monoisotopic (exact) mass is 781 g/mol. The standard InChI is InChI=1S/C28H32ClN11O10S2/c1-28(2,25(47)48)50-37-18(12-10-51-26(30)33-12)22(45)34-19-23(46)39-9-15(52-24(19)39)38-7-8-40(27(38)49)36-14(42)5-6-32-21(44)17(35-31)11-3-4-13(41)20(43)16(11)29/h3-4,10,15,19,24,41,43H,5-9,31H2,1-2H3,(H2,30,33)(H,32,44)(H,34,45)(H,36,42)(H,47,48)/b35-17-,37-18-/t15-,19-,24-/m1/s1. The van der Waals surface area contributed by atoms with Crippen molar-refractivity contribution in [3.63, 3.8) is 0 Å². The lowest BCUT2D eigenvalue weighted by Crippen LogP contribution is -2.68. The van der Waals surface area contributed by atoms with Crippen LogP contribution in [0.1, 0.15) is 31.5 Å². The molecule has 3 atom stereocenters. The Morgan fingerprint density at radius 2 is 1.87 bits per heavy atom. The molecule has 6 amide bonds. The number of fused-ring (bicyclic) bond motifs is 1. The number of aliphatic carboxylic acids is 1. The second kappa shape index (κ2) is 15.0. The average Bonchev–Trinajstić information content (AvgIpc) is 3.80. The number of oxime groups is 1. The number of rotatable bonds is 13. The lowest BCUT2D eigenvalue weighted by Gasteiger charge is -2.41. The predicted octanol–water partition coefficient (Wildman–Crippen LogP) is -1.26. The molecule has 3 fully saturated rings. The van der Waals surface area contributed by atoms with Gasteiger partial charge in [0.1, 0.15) is 17.1 Å². The van der Waals surface area contributed by atoms with E-state index in [0.717, 1.165) is 22.4 Å². The first-order chi connectivity index (χ1) is 24.5. The number of amides is 6. The van der Waals surface area contributed by atoms with Crippen LogP contribution in [0, 0.1) is 0 Å². The number of benzene rings is 1. The van der Waals surface area contributed by atoms with Crippen molar-refractivity contribution in [1.29, 1.82) is 0 Å². The van der Waals surface area contributed by atoms with E-state index < -0.39 is 69.5 Å². The van der Waals surface area contributed by atoms with Gasteiger partial charge in [0, 0.05) is 30.5 Å². The Balaban J connectivity index is 1.12. The summed E-state index contributed by atoms with van der Waals surface area (Å²) in [6.07, 6.45) is -0.247. The van der Waals surface area contributed by atoms with Gasteiger partial charge in [-0.3, -0.25) is 24.6 Å². The molecule has 5 rings (SSSR count). The lowest BCUT2D eigenvalue weighted by atomic mass is 10.1. The second-order valence-corrected chi connectivity index (χ2v) is 14.3. The van der Waals surface area contributed by atoms with Crippen LogP contribution < -0.4 is 27.6 Å². The second-order valence-electron chi connectivity index (χ2n) is 11.8. The molecule has 0 saturated carbocycles. The van der Waals surface area contributed by atoms with Crippen LogP contribution in [0.2, 0.25) is 5.02 Å². The highest BCUT2D eigenvalue weighted by atomic mass is 35.5.